The lowest BCUT2D eigenvalue weighted by atomic mass is 9.75. The molecule has 0 aromatic heterocycles. The average Bonchev–Trinajstić information content (AvgIpc) is 2.63. The molecule has 100 valence electrons. The highest BCUT2D eigenvalue weighted by atomic mass is 16.3. The third-order valence-electron chi connectivity index (χ3n) is 4.49. The van der Waals surface area contributed by atoms with E-state index >= 15 is 0 Å². The normalized spacial score (nSPS) is 33.2. The minimum atomic E-state index is -0.118. The Hall–Kier alpha value is -0.120. The molecular formula is C14H28N2O. The third kappa shape index (κ3) is 3.67. The maximum atomic E-state index is 9.50. The molecule has 2 heterocycles. The largest absolute Gasteiger partial charge is 0.392 e. The van der Waals surface area contributed by atoms with E-state index in [1.165, 1.54) is 25.9 Å². The SMILES string of the molecule is CC(C)(C)C1CCN(CC2CC(O)CN2)CC1. The average molecular weight is 240 g/mol. The van der Waals surface area contributed by atoms with Gasteiger partial charge in [-0.15, -0.1) is 0 Å². The third-order valence-corrected chi connectivity index (χ3v) is 4.49. The first-order chi connectivity index (χ1) is 7.95. The Morgan fingerprint density at radius 1 is 1.24 bits per heavy atom. The number of aliphatic hydroxyl groups is 1. The van der Waals surface area contributed by atoms with Crippen molar-refractivity contribution in [2.45, 2.75) is 52.2 Å². The summed E-state index contributed by atoms with van der Waals surface area (Å²) in [7, 11) is 0. The standard InChI is InChI=1S/C14H28N2O/c1-14(2,3)11-4-6-16(7-5-11)10-12-8-13(17)9-15-12/h11-13,15,17H,4-10H2,1-3H3. The van der Waals surface area contributed by atoms with Crippen molar-refractivity contribution in [1.82, 2.24) is 10.2 Å². The monoisotopic (exact) mass is 240 g/mol. The van der Waals surface area contributed by atoms with Crippen LogP contribution in [0.5, 0.6) is 0 Å². The van der Waals surface area contributed by atoms with Gasteiger partial charge in [0.15, 0.2) is 0 Å². The van der Waals surface area contributed by atoms with Gasteiger partial charge in [0.1, 0.15) is 0 Å². The first kappa shape index (κ1) is 13.3. The summed E-state index contributed by atoms with van der Waals surface area (Å²) < 4.78 is 0. The van der Waals surface area contributed by atoms with Crippen molar-refractivity contribution in [3.8, 4) is 0 Å². The van der Waals surface area contributed by atoms with Crippen molar-refractivity contribution in [2.24, 2.45) is 11.3 Å². The fraction of sp³-hybridized carbons (Fsp3) is 1.00. The number of rotatable bonds is 2. The van der Waals surface area contributed by atoms with Crippen molar-refractivity contribution in [2.75, 3.05) is 26.2 Å². The van der Waals surface area contributed by atoms with Crippen LogP contribution < -0.4 is 5.32 Å². The highest BCUT2D eigenvalue weighted by Crippen LogP contribution is 2.34. The summed E-state index contributed by atoms with van der Waals surface area (Å²) in [6, 6.07) is 0.510. The van der Waals surface area contributed by atoms with E-state index < -0.39 is 0 Å². The van der Waals surface area contributed by atoms with E-state index in [-0.39, 0.29) is 6.10 Å². The second-order valence-corrected chi connectivity index (χ2v) is 6.94. The summed E-state index contributed by atoms with van der Waals surface area (Å²) in [6.07, 6.45) is 3.48. The number of hydrogen-bond acceptors (Lipinski definition) is 3. The van der Waals surface area contributed by atoms with Crippen LogP contribution in [0.25, 0.3) is 0 Å². The molecule has 17 heavy (non-hydrogen) atoms. The van der Waals surface area contributed by atoms with Gasteiger partial charge in [-0.1, -0.05) is 20.8 Å². The van der Waals surface area contributed by atoms with E-state index in [1.807, 2.05) is 0 Å². The Morgan fingerprint density at radius 3 is 2.35 bits per heavy atom. The maximum Gasteiger partial charge on any atom is 0.0680 e. The van der Waals surface area contributed by atoms with E-state index in [1.54, 1.807) is 0 Å². The van der Waals surface area contributed by atoms with Gasteiger partial charge in [0.05, 0.1) is 6.10 Å². The van der Waals surface area contributed by atoms with Gasteiger partial charge in [0.25, 0.3) is 0 Å². The highest BCUT2D eigenvalue weighted by Gasteiger charge is 2.30. The summed E-state index contributed by atoms with van der Waals surface area (Å²) in [5.41, 5.74) is 0.466. The van der Waals surface area contributed by atoms with Crippen molar-refractivity contribution in [3.05, 3.63) is 0 Å². The summed E-state index contributed by atoms with van der Waals surface area (Å²) >= 11 is 0. The minimum absolute atomic E-state index is 0.118. The zero-order valence-electron chi connectivity index (χ0n) is 11.6. The molecule has 0 aromatic rings. The molecule has 0 aromatic carbocycles. The van der Waals surface area contributed by atoms with Crippen LogP contribution in [0.3, 0.4) is 0 Å². The molecule has 2 aliphatic heterocycles. The molecule has 3 nitrogen and oxygen atoms in total. The number of nitrogens with zero attached hydrogens (tertiary/aromatic N) is 1. The molecule has 3 heteroatoms. The number of hydrogen-bond donors (Lipinski definition) is 2. The number of β-amino-alcohol motifs (C(OH)–C–C–N with tert-alkyl or cyclic N) is 1. The second-order valence-electron chi connectivity index (χ2n) is 6.94. The fourth-order valence-corrected chi connectivity index (χ4v) is 3.23. The topological polar surface area (TPSA) is 35.5 Å². The first-order valence-electron chi connectivity index (χ1n) is 7.09. The van der Waals surface area contributed by atoms with Crippen LogP contribution in [0.2, 0.25) is 0 Å². The molecule has 2 fully saturated rings. The lowest BCUT2D eigenvalue weighted by Crippen LogP contribution is -2.43. The van der Waals surface area contributed by atoms with Gasteiger partial charge in [0.2, 0.25) is 0 Å². The predicted octanol–water partition coefficient (Wildman–Crippen LogP) is 1.47. The molecule has 0 saturated carbocycles. The number of nitrogens with one attached hydrogen (secondary N) is 1. The van der Waals surface area contributed by atoms with Crippen LogP contribution in [-0.4, -0.2) is 48.3 Å². The van der Waals surface area contributed by atoms with Crippen molar-refractivity contribution >= 4 is 0 Å². The van der Waals surface area contributed by atoms with E-state index in [0.29, 0.717) is 11.5 Å². The van der Waals surface area contributed by atoms with E-state index in [0.717, 1.165) is 25.4 Å². The van der Waals surface area contributed by atoms with E-state index in [4.69, 9.17) is 0 Å². The number of likely N-dealkylation sites (tertiary alicyclic amines) is 1. The second kappa shape index (κ2) is 5.25. The molecule has 0 radical (unpaired) electrons. The Kier molecular flexibility index (Phi) is 4.11. The maximum absolute atomic E-state index is 9.50. The van der Waals surface area contributed by atoms with Crippen LogP contribution in [-0.2, 0) is 0 Å². The Balaban J connectivity index is 1.72. The Bertz CT molecular complexity index is 241. The minimum Gasteiger partial charge on any atom is -0.392 e. The van der Waals surface area contributed by atoms with Crippen molar-refractivity contribution in [1.29, 1.82) is 0 Å². The molecule has 2 atom stereocenters. The molecule has 0 amide bonds. The zero-order chi connectivity index (χ0) is 12.5. The first-order valence-corrected chi connectivity index (χ1v) is 7.09. The lowest BCUT2D eigenvalue weighted by molar-refractivity contribution is 0.105. The highest BCUT2D eigenvalue weighted by molar-refractivity contribution is 4.86. The van der Waals surface area contributed by atoms with E-state index in [2.05, 4.69) is 31.0 Å². The molecule has 2 unspecified atom stereocenters. The fourth-order valence-electron chi connectivity index (χ4n) is 3.23. The van der Waals surface area contributed by atoms with Gasteiger partial charge < -0.3 is 15.3 Å². The molecule has 2 saturated heterocycles. The summed E-state index contributed by atoms with van der Waals surface area (Å²) in [5, 5.41) is 12.9. The summed E-state index contributed by atoms with van der Waals surface area (Å²) in [5.74, 6) is 0.876. The predicted molar refractivity (Wildman–Crippen MR) is 71.0 cm³/mol. The molecule has 0 aliphatic carbocycles. The summed E-state index contributed by atoms with van der Waals surface area (Å²) in [4.78, 5) is 2.57. The molecule has 0 spiro atoms. The molecule has 2 N–H and O–H groups in total. The van der Waals surface area contributed by atoms with Gasteiger partial charge in [0, 0.05) is 19.1 Å². The van der Waals surface area contributed by atoms with Crippen LogP contribution in [0, 0.1) is 11.3 Å². The van der Waals surface area contributed by atoms with Gasteiger partial charge in [-0.2, -0.15) is 0 Å². The van der Waals surface area contributed by atoms with Crippen molar-refractivity contribution < 1.29 is 5.11 Å². The van der Waals surface area contributed by atoms with Gasteiger partial charge in [-0.25, -0.2) is 0 Å². The molecule has 0 bridgehead atoms. The van der Waals surface area contributed by atoms with Crippen LogP contribution in [0.1, 0.15) is 40.0 Å². The quantitative estimate of drug-likeness (QED) is 0.767. The molecular weight excluding hydrogens is 212 g/mol. The van der Waals surface area contributed by atoms with Crippen LogP contribution >= 0.6 is 0 Å². The van der Waals surface area contributed by atoms with Gasteiger partial charge in [-0.05, 0) is 43.7 Å². The number of aliphatic hydroxyl groups excluding tert-OH is 1. The zero-order valence-corrected chi connectivity index (χ0v) is 11.6. The Labute approximate surface area is 106 Å². The van der Waals surface area contributed by atoms with Crippen LogP contribution in [0.4, 0.5) is 0 Å². The van der Waals surface area contributed by atoms with E-state index in [9.17, 15) is 5.11 Å². The number of piperidine rings is 1. The van der Waals surface area contributed by atoms with Crippen LogP contribution in [0.15, 0.2) is 0 Å². The van der Waals surface area contributed by atoms with Gasteiger partial charge >= 0.3 is 0 Å². The lowest BCUT2D eigenvalue weighted by Gasteiger charge is -2.39. The smallest absolute Gasteiger partial charge is 0.0680 e. The van der Waals surface area contributed by atoms with Crippen molar-refractivity contribution in [3.63, 3.8) is 0 Å². The van der Waals surface area contributed by atoms with Gasteiger partial charge in [-0.3, -0.25) is 0 Å². The molecule has 2 aliphatic rings. The summed E-state index contributed by atoms with van der Waals surface area (Å²) in [6.45, 7) is 11.5. The Morgan fingerprint density at radius 2 is 1.88 bits per heavy atom. The molecule has 2 rings (SSSR count).